The van der Waals surface area contributed by atoms with Crippen LogP contribution in [0.15, 0.2) is 0 Å². The lowest BCUT2D eigenvalue weighted by atomic mass is 10.1. The van der Waals surface area contributed by atoms with Gasteiger partial charge in [0.25, 0.3) is 0 Å². The summed E-state index contributed by atoms with van der Waals surface area (Å²) in [5.74, 6) is 0. The summed E-state index contributed by atoms with van der Waals surface area (Å²) in [6.07, 6.45) is 7.57. The molecule has 1 fully saturated rings. The zero-order chi connectivity index (χ0) is 12.5. The molecule has 0 spiro atoms. The lowest BCUT2D eigenvalue weighted by Crippen LogP contribution is -2.45. The molecule has 1 aliphatic carbocycles. The molecule has 102 valence electrons. The highest BCUT2D eigenvalue weighted by molar-refractivity contribution is 4.80. The van der Waals surface area contributed by atoms with Crippen LogP contribution in [0.2, 0.25) is 0 Å². The van der Waals surface area contributed by atoms with Gasteiger partial charge in [0, 0.05) is 25.2 Å². The Morgan fingerprint density at radius 3 is 2.53 bits per heavy atom. The Kier molecular flexibility index (Phi) is 7.82. The average molecular weight is 242 g/mol. The molecule has 0 bridgehead atoms. The van der Waals surface area contributed by atoms with Crippen molar-refractivity contribution in [1.29, 1.82) is 0 Å². The molecule has 0 aromatic heterocycles. The van der Waals surface area contributed by atoms with Crippen LogP contribution in [0.3, 0.4) is 0 Å². The summed E-state index contributed by atoms with van der Waals surface area (Å²) in [7, 11) is 0. The minimum Gasteiger partial charge on any atom is -0.396 e. The maximum absolute atomic E-state index is 9.13. The summed E-state index contributed by atoms with van der Waals surface area (Å²) < 4.78 is 0. The Morgan fingerprint density at radius 1 is 1.29 bits per heavy atom. The summed E-state index contributed by atoms with van der Waals surface area (Å²) in [6, 6.07) is 1.25. The Balaban J connectivity index is 2.37. The van der Waals surface area contributed by atoms with E-state index in [0.29, 0.717) is 12.6 Å². The number of aliphatic hydroxyl groups excluding tert-OH is 1. The highest BCUT2D eigenvalue weighted by atomic mass is 16.3. The minimum absolute atomic E-state index is 0.295. The number of likely N-dealkylation sites (N-methyl/N-ethyl adjacent to an activating group) is 1. The second-order valence-corrected chi connectivity index (χ2v) is 5.19. The maximum atomic E-state index is 9.13. The van der Waals surface area contributed by atoms with Crippen molar-refractivity contribution in [3.8, 4) is 0 Å². The first-order valence-electron chi connectivity index (χ1n) is 7.40. The molecule has 2 N–H and O–H groups in total. The molecule has 1 saturated carbocycles. The number of nitrogens with zero attached hydrogens (tertiary/aromatic N) is 1. The lowest BCUT2D eigenvalue weighted by Gasteiger charge is -2.31. The van der Waals surface area contributed by atoms with E-state index in [-0.39, 0.29) is 0 Å². The first kappa shape index (κ1) is 14.9. The zero-order valence-electron chi connectivity index (χ0n) is 11.6. The van der Waals surface area contributed by atoms with Crippen molar-refractivity contribution in [3.63, 3.8) is 0 Å². The molecular formula is C14H30N2O. The molecule has 3 nitrogen and oxygen atoms in total. The van der Waals surface area contributed by atoms with Gasteiger partial charge in [0.2, 0.25) is 0 Å². The molecule has 0 aromatic carbocycles. The predicted molar refractivity (Wildman–Crippen MR) is 73.3 cm³/mol. The van der Waals surface area contributed by atoms with E-state index in [1.54, 1.807) is 0 Å². The van der Waals surface area contributed by atoms with Gasteiger partial charge in [0.1, 0.15) is 0 Å². The van der Waals surface area contributed by atoms with Gasteiger partial charge in [-0.1, -0.05) is 26.7 Å². The SMILES string of the molecule is CCCNC(CCO)CN(CC)C1CCCC1. The molecule has 0 amide bonds. The molecule has 1 atom stereocenters. The smallest absolute Gasteiger partial charge is 0.0446 e. The van der Waals surface area contributed by atoms with Crippen molar-refractivity contribution >= 4 is 0 Å². The lowest BCUT2D eigenvalue weighted by molar-refractivity contribution is 0.169. The van der Waals surface area contributed by atoms with Crippen LogP contribution in [-0.2, 0) is 0 Å². The molecule has 0 saturated heterocycles. The van der Waals surface area contributed by atoms with Gasteiger partial charge in [-0.25, -0.2) is 0 Å². The molecule has 0 aromatic rings. The van der Waals surface area contributed by atoms with E-state index >= 15 is 0 Å². The Bertz CT molecular complexity index is 181. The van der Waals surface area contributed by atoms with Crippen molar-refractivity contribution in [1.82, 2.24) is 10.2 Å². The monoisotopic (exact) mass is 242 g/mol. The summed E-state index contributed by atoms with van der Waals surface area (Å²) >= 11 is 0. The van der Waals surface area contributed by atoms with Crippen LogP contribution in [0.5, 0.6) is 0 Å². The summed E-state index contributed by atoms with van der Waals surface area (Å²) in [4.78, 5) is 2.61. The van der Waals surface area contributed by atoms with Crippen molar-refractivity contribution < 1.29 is 5.11 Å². The van der Waals surface area contributed by atoms with Crippen molar-refractivity contribution in [3.05, 3.63) is 0 Å². The fraction of sp³-hybridized carbons (Fsp3) is 1.00. The number of rotatable bonds is 9. The molecule has 1 aliphatic rings. The molecule has 17 heavy (non-hydrogen) atoms. The maximum Gasteiger partial charge on any atom is 0.0446 e. The first-order chi connectivity index (χ1) is 8.31. The highest BCUT2D eigenvalue weighted by Crippen LogP contribution is 2.23. The summed E-state index contributed by atoms with van der Waals surface area (Å²) in [5.41, 5.74) is 0. The van der Waals surface area contributed by atoms with Gasteiger partial charge < -0.3 is 10.4 Å². The normalized spacial score (nSPS) is 19.1. The highest BCUT2D eigenvalue weighted by Gasteiger charge is 2.23. The summed E-state index contributed by atoms with van der Waals surface area (Å²) in [5, 5.41) is 12.7. The van der Waals surface area contributed by atoms with Crippen LogP contribution in [0.1, 0.15) is 52.4 Å². The third-order valence-electron chi connectivity index (χ3n) is 3.86. The van der Waals surface area contributed by atoms with Crippen LogP contribution in [-0.4, -0.2) is 48.3 Å². The number of aliphatic hydroxyl groups is 1. The van der Waals surface area contributed by atoms with E-state index in [1.165, 1.54) is 25.7 Å². The van der Waals surface area contributed by atoms with Crippen LogP contribution >= 0.6 is 0 Å². The number of nitrogens with one attached hydrogen (secondary N) is 1. The molecular weight excluding hydrogens is 212 g/mol. The van der Waals surface area contributed by atoms with Crippen molar-refractivity contribution in [2.75, 3.05) is 26.2 Å². The van der Waals surface area contributed by atoms with Crippen LogP contribution in [0, 0.1) is 0 Å². The van der Waals surface area contributed by atoms with Crippen LogP contribution in [0.4, 0.5) is 0 Å². The van der Waals surface area contributed by atoms with Gasteiger partial charge in [-0.2, -0.15) is 0 Å². The number of hydrogen-bond acceptors (Lipinski definition) is 3. The summed E-state index contributed by atoms with van der Waals surface area (Å²) in [6.45, 7) is 8.05. The number of hydrogen-bond donors (Lipinski definition) is 2. The standard InChI is InChI=1S/C14H30N2O/c1-3-10-15-13(9-11-17)12-16(4-2)14-7-5-6-8-14/h13-15,17H,3-12H2,1-2H3. The largest absolute Gasteiger partial charge is 0.396 e. The van der Waals surface area contributed by atoms with E-state index in [9.17, 15) is 0 Å². The fourth-order valence-electron chi connectivity index (χ4n) is 2.85. The molecule has 1 unspecified atom stereocenters. The molecule has 1 rings (SSSR count). The van der Waals surface area contributed by atoms with Crippen molar-refractivity contribution in [2.24, 2.45) is 0 Å². The van der Waals surface area contributed by atoms with E-state index < -0.39 is 0 Å². The van der Waals surface area contributed by atoms with Crippen molar-refractivity contribution in [2.45, 2.75) is 64.5 Å². The van der Waals surface area contributed by atoms with Gasteiger partial charge in [-0.05, 0) is 38.8 Å². The van der Waals surface area contributed by atoms with E-state index in [0.717, 1.165) is 38.5 Å². The van der Waals surface area contributed by atoms with Gasteiger partial charge >= 0.3 is 0 Å². The van der Waals surface area contributed by atoms with Crippen LogP contribution in [0.25, 0.3) is 0 Å². The van der Waals surface area contributed by atoms with Gasteiger partial charge in [-0.3, -0.25) is 4.90 Å². The Labute approximate surface area is 107 Å². The molecule has 0 aliphatic heterocycles. The van der Waals surface area contributed by atoms with E-state index in [1.807, 2.05) is 0 Å². The average Bonchev–Trinajstić information content (AvgIpc) is 2.86. The Hall–Kier alpha value is -0.120. The fourth-order valence-corrected chi connectivity index (χ4v) is 2.85. The predicted octanol–water partition coefficient (Wildman–Crippen LogP) is 2.00. The topological polar surface area (TPSA) is 35.5 Å². The quantitative estimate of drug-likeness (QED) is 0.649. The molecule has 3 heteroatoms. The van der Waals surface area contributed by atoms with Gasteiger partial charge in [0.05, 0.1) is 0 Å². The zero-order valence-corrected chi connectivity index (χ0v) is 11.6. The Morgan fingerprint density at radius 2 is 2.00 bits per heavy atom. The van der Waals surface area contributed by atoms with Gasteiger partial charge in [-0.15, -0.1) is 0 Å². The second-order valence-electron chi connectivity index (χ2n) is 5.19. The minimum atomic E-state index is 0.295. The molecule has 0 heterocycles. The van der Waals surface area contributed by atoms with Gasteiger partial charge in [0.15, 0.2) is 0 Å². The van der Waals surface area contributed by atoms with Crippen LogP contribution < -0.4 is 5.32 Å². The second kappa shape index (κ2) is 8.90. The third-order valence-corrected chi connectivity index (χ3v) is 3.86. The van der Waals surface area contributed by atoms with E-state index in [4.69, 9.17) is 5.11 Å². The van der Waals surface area contributed by atoms with E-state index in [2.05, 4.69) is 24.1 Å². The first-order valence-corrected chi connectivity index (χ1v) is 7.40. The molecule has 0 radical (unpaired) electrons. The third kappa shape index (κ3) is 5.36.